The molecule has 1 rings (SSSR count). The summed E-state index contributed by atoms with van der Waals surface area (Å²) in [7, 11) is 1.44. The average molecular weight is 159 g/mol. The van der Waals surface area contributed by atoms with E-state index in [4.69, 9.17) is 14.9 Å². The van der Waals surface area contributed by atoms with Crippen LogP contribution in [0.25, 0.3) is 0 Å². The molecule has 11 heavy (non-hydrogen) atoms. The Morgan fingerprint density at radius 3 is 3.00 bits per heavy atom. The third-order valence-electron chi connectivity index (χ3n) is 1.22. The van der Waals surface area contributed by atoms with Crippen molar-refractivity contribution in [2.75, 3.05) is 13.7 Å². The lowest BCUT2D eigenvalue weighted by atomic mass is 10.3. The molecule has 5 heteroatoms. The van der Waals surface area contributed by atoms with Crippen molar-refractivity contribution in [2.45, 2.75) is 6.10 Å². The number of nitrogens with zero attached hydrogens (tertiary/aromatic N) is 1. The lowest BCUT2D eigenvalue weighted by molar-refractivity contribution is 0.0719. The summed E-state index contributed by atoms with van der Waals surface area (Å²) >= 11 is 0. The zero-order valence-corrected chi connectivity index (χ0v) is 6.02. The van der Waals surface area contributed by atoms with Crippen molar-refractivity contribution in [2.24, 2.45) is 0 Å². The molecule has 5 nitrogen and oxygen atoms in total. The highest BCUT2D eigenvalue weighted by Gasteiger charge is 2.12. The Morgan fingerprint density at radius 2 is 2.55 bits per heavy atom. The van der Waals surface area contributed by atoms with Crippen molar-refractivity contribution < 1.29 is 19.5 Å². The van der Waals surface area contributed by atoms with E-state index in [9.17, 15) is 0 Å². The summed E-state index contributed by atoms with van der Waals surface area (Å²) in [4.78, 5) is 0. The average Bonchev–Trinajstić information content (AvgIpc) is 2.50. The van der Waals surface area contributed by atoms with Crippen LogP contribution < -0.4 is 4.74 Å². The lowest BCUT2D eigenvalue weighted by Gasteiger charge is -1.98. The molecule has 0 amide bonds. The summed E-state index contributed by atoms with van der Waals surface area (Å²) in [6.45, 7) is -0.391. The number of rotatable bonds is 3. The summed E-state index contributed by atoms with van der Waals surface area (Å²) in [6.07, 6.45) is -1.02. The van der Waals surface area contributed by atoms with Gasteiger partial charge in [0.25, 0.3) is 5.88 Å². The summed E-state index contributed by atoms with van der Waals surface area (Å²) in [5.74, 6) is 0.483. The fourth-order valence-electron chi connectivity index (χ4n) is 0.615. The monoisotopic (exact) mass is 159 g/mol. The fraction of sp³-hybridized carbons (Fsp3) is 0.500. The molecule has 1 atom stereocenters. The summed E-state index contributed by atoms with van der Waals surface area (Å²) in [6, 6.07) is 1.42. The van der Waals surface area contributed by atoms with Crippen LogP contribution in [0.4, 0.5) is 0 Å². The SMILES string of the molecule is COc1cc(C(O)CO)on1. The van der Waals surface area contributed by atoms with E-state index in [1.54, 1.807) is 0 Å². The van der Waals surface area contributed by atoms with E-state index in [1.165, 1.54) is 13.2 Å². The van der Waals surface area contributed by atoms with Gasteiger partial charge in [-0.1, -0.05) is 0 Å². The van der Waals surface area contributed by atoms with Gasteiger partial charge in [-0.3, -0.25) is 0 Å². The van der Waals surface area contributed by atoms with Crippen molar-refractivity contribution in [3.8, 4) is 5.88 Å². The summed E-state index contributed by atoms with van der Waals surface area (Å²) in [5.41, 5.74) is 0. The van der Waals surface area contributed by atoms with E-state index in [0.29, 0.717) is 0 Å². The molecule has 0 bridgehead atoms. The maximum Gasteiger partial charge on any atom is 0.254 e. The maximum absolute atomic E-state index is 9.00. The molecule has 0 aliphatic carbocycles. The van der Waals surface area contributed by atoms with Gasteiger partial charge >= 0.3 is 0 Å². The number of aliphatic hydroxyl groups excluding tert-OH is 2. The highest BCUT2D eigenvalue weighted by atomic mass is 16.5. The Bertz CT molecular complexity index is 222. The van der Waals surface area contributed by atoms with Crippen LogP contribution in [0, 0.1) is 0 Å². The van der Waals surface area contributed by atoms with Crippen LogP contribution in [0.1, 0.15) is 11.9 Å². The van der Waals surface area contributed by atoms with Crippen molar-refractivity contribution >= 4 is 0 Å². The van der Waals surface area contributed by atoms with Crippen molar-refractivity contribution in [3.63, 3.8) is 0 Å². The van der Waals surface area contributed by atoms with Crippen molar-refractivity contribution in [1.82, 2.24) is 5.16 Å². The predicted molar refractivity (Wildman–Crippen MR) is 35.1 cm³/mol. The van der Waals surface area contributed by atoms with Crippen molar-refractivity contribution in [1.29, 1.82) is 0 Å². The molecule has 0 spiro atoms. The Morgan fingerprint density at radius 1 is 1.82 bits per heavy atom. The normalized spacial score (nSPS) is 13.0. The molecule has 1 aromatic rings. The number of methoxy groups -OCH3 is 1. The van der Waals surface area contributed by atoms with Crippen molar-refractivity contribution in [3.05, 3.63) is 11.8 Å². The summed E-state index contributed by atoms with van der Waals surface area (Å²) < 4.78 is 9.32. The number of ether oxygens (including phenoxy) is 1. The third kappa shape index (κ3) is 1.69. The first-order valence-corrected chi connectivity index (χ1v) is 3.07. The van der Waals surface area contributed by atoms with Gasteiger partial charge < -0.3 is 19.5 Å². The molecule has 0 aromatic carbocycles. The minimum absolute atomic E-state index is 0.198. The number of aromatic nitrogens is 1. The molecule has 0 saturated heterocycles. The predicted octanol–water partition coefficient (Wildman–Crippen LogP) is -0.291. The van der Waals surface area contributed by atoms with Crippen LogP contribution in [0.3, 0.4) is 0 Å². The second-order valence-electron chi connectivity index (χ2n) is 1.97. The van der Waals surface area contributed by atoms with E-state index in [2.05, 4.69) is 9.68 Å². The van der Waals surface area contributed by atoms with Gasteiger partial charge in [-0.15, -0.1) is 0 Å². The molecule has 0 radical (unpaired) electrons. The van der Waals surface area contributed by atoms with Crippen LogP contribution in [0.2, 0.25) is 0 Å². The standard InChI is InChI=1S/C6H9NO4/c1-10-6-2-5(11-7-6)4(9)3-8/h2,4,8-9H,3H2,1H3. The zero-order valence-electron chi connectivity index (χ0n) is 6.02. The lowest BCUT2D eigenvalue weighted by Crippen LogP contribution is -2.00. The molecule has 0 aliphatic rings. The second kappa shape index (κ2) is 3.36. The molecule has 1 heterocycles. The smallest absolute Gasteiger partial charge is 0.254 e. The molecule has 62 valence electrons. The Labute approximate surface area is 63.2 Å². The molecule has 0 aliphatic heterocycles. The van der Waals surface area contributed by atoms with Gasteiger partial charge in [-0.05, 0) is 5.16 Å². The molecule has 2 N–H and O–H groups in total. The zero-order chi connectivity index (χ0) is 8.27. The van der Waals surface area contributed by atoms with Gasteiger partial charge in [0.2, 0.25) is 0 Å². The van der Waals surface area contributed by atoms with Gasteiger partial charge in [-0.2, -0.15) is 0 Å². The largest absolute Gasteiger partial charge is 0.479 e. The molecule has 0 saturated carbocycles. The molecular weight excluding hydrogens is 150 g/mol. The number of aliphatic hydroxyl groups is 2. The highest BCUT2D eigenvalue weighted by molar-refractivity contribution is 5.12. The first kappa shape index (κ1) is 8.03. The van der Waals surface area contributed by atoms with E-state index in [1.807, 2.05) is 0 Å². The molecule has 0 fully saturated rings. The minimum atomic E-state index is -1.02. The quantitative estimate of drug-likeness (QED) is 0.633. The minimum Gasteiger partial charge on any atom is -0.479 e. The van der Waals surface area contributed by atoms with Gasteiger partial charge in [0, 0.05) is 6.07 Å². The van der Waals surface area contributed by atoms with E-state index in [-0.39, 0.29) is 11.6 Å². The van der Waals surface area contributed by atoms with Crippen LogP contribution in [0.5, 0.6) is 5.88 Å². The van der Waals surface area contributed by atoms with E-state index >= 15 is 0 Å². The van der Waals surface area contributed by atoms with Gasteiger partial charge in [-0.25, -0.2) is 0 Å². The summed E-state index contributed by atoms with van der Waals surface area (Å²) in [5, 5.41) is 20.9. The fourth-order valence-corrected chi connectivity index (χ4v) is 0.615. The highest BCUT2D eigenvalue weighted by Crippen LogP contribution is 2.17. The first-order valence-electron chi connectivity index (χ1n) is 3.07. The van der Waals surface area contributed by atoms with Crippen LogP contribution >= 0.6 is 0 Å². The topological polar surface area (TPSA) is 75.7 Å². The van der Waals surface area contributed by atoms with Crippen LogP contribution in [-0.2, 0) is 0 Å². The van der Waals surface area contributed by atoms with Gasteiger partial charge in [0.1, 0.15) is 6.10 Å². The molecule has 1 unspecified atom stereocenters. The Hall–Kier alpha value is -1.07. The number of hydrogen-bond acceptors (Lipinski definition) is 5. The van der Waals surface area contributed by atoms with Crippen LogP contribution in [-0.4, -0.2) is 29.1 Å². The number of hydrogen-bond donors (Lipinski definition) is 2. The first-order chi connectivity index (χ1) is 5.27. The van der Waals surface area contributed by atoms with E-state index in [0.717, 1.165) is 0 Å². The van der Waals surface area contributed by atoms with Gasteiger partial charge in [0.05, 0.1) is 13.7 Å². The third-order valence-corrected chi connectivity index (χ3v) is 1.22. The maximum atomic E-state index is 9.00. The van der Waals surface area contributed by atoms with Gasteiger partial charge in [0.15, 0.2) is 5.76 Å². The molecule has 1 aromatic heterocycles. The van der Waals surface area contributed by atoms with Crippen LogP contribution in [0.15, 0.2) is 10.6 Å². The second-order valence-corrected chi connectivity index (χ2v) is 1.97. The van der Waals surface area contributed by atoms with E-state index < -0.39 is 12.7 Å². The molecular formula is C6H9NO4. The Balaban J connectivity index is 2.71. The Kier molecular flexibility index (Phi) is 2.45.